The molecule has 140 valence electrons. The van der Waals surface area contributed by atoms with E-state index in [0.29, 0.717) is 16.9 Å². The molecule has 0 saturated carbocycles. The molecule has 0 fully saturated rings. The Balaban J connectivity index is 2.55. The van der Waals surface area contributed by atoms with Gasteiger partial charge in [-0.25, -0.2) is 0 Å². The van der Waals surface area contributed by atoms with Crippen LogP contribution in [0.15, 0.2) is 35.9 Å². The van der Waals surface area contributed by atoms with Crippen molar-refractivity contribution in [3.8, 4) is 5.75 Å². The Kier molecular flexibility index (Phi) is 6.55. The molecule has 0 N–H and O–H groups in total. The number of hydrogen-bond donors (Lipinski definition) is 0. The first-order valence-electron chi connectivity index (χ1n) is 8.63. The Labute approximate surface area is 153 Å². The number of carbonyl (C=O) groups excluding carboxylic acids is 3. The zero-order valence-corrected chi connectivity index (χ0v) is 15.5. The summed E-state index contributed by atoms with van der Waals surface area (Å²) >= 11 is 0. The van der Waals surface area contributed by atoms with Crippen molar-refractivity contribution in [1.29, 1.82) is 0 Å². The first-order valence-corrected chi connectivity index (χ1v) is 8.63. The summed E-state index contributed by atoms with van der Waals surface area (Å²) in [7, 11) is 1.55. The minimum Gasteiger partial charge on any atom is -0.497 e. The molecule has 0 amide bonds. The fourth-order valence-corrected chi connectivity index (χ4v) is 3.33. The van der Waals surface area contributed by atoms with E-state index in [-0.39, 0.29) is 19.0 Å². The van der Waals surface area contributed by atoms with E-state index >= 15 is 0 Å². The third kappa shape index (κ3) is 3.95. The minimum atomic E-state index is -1.08. The molecule has 1 aliphatic rings. The number of rotatable bonds is 6. The maximum atomic E-state index is 12.6. The van der Waals surface area contributed by atoms with Gasteiger partial charge in [-0.2, -0.15) is 0 Å². The van der Waals surface area contributed by atoms with Crippen LogP contribution >= 0.6 is 0 Å². The molecule has 0 spiro atoms. The Morgan fingerprint density at radius 2 is 1.50 bits per heavy atom. The fourth-order valence-electron chi connectivity index (χ4n) is 3.33. The Hall–Kier alpha value is -2.63. The van der Waals surface area contributed by atoms with Gasteiger partial charge in [-0.15, -0.1) is 0 Å². The number of esters is 2. The molecule has 26 heavy (non-hydrogen) atoms. The molecule has 1 aromatic carbocycles. The van der Waals surface area contributed by atoms with Crippen molar-refractivity contribution in [3.63, 3.8) is 0 Å². The van der Waals surface area contributed by atoms with Gasteiger partial charge >= 0.3 is 11.9 Å². The lowest BCUT2D eigenvalue weighted by Crippen LogP contribution is -2.41. The van der Waals surface area contributed by atoms with Gasteiger partial charge in [0.25, 0.3) is 0 Å². The van der Waals surface area contributed by atoms with Crippen LogP contribution in [0.4, 0.5) is 0 Å². The van der Waals surface area contributed by atoms with Crippen molar-refractivity contribution in [2.45, 2.75) is 26.7 Å². The molecule has 0 heterocycles. The Morgan fingerprint density at radius 1 is 0.962 bits per heavy atom. The van der Waals surface area contributed by atoms with E-state index in [1.807, 2.05) is 0 Å². The van der Waals surface area contributed by atoms with Crippen molar-refractivity contribution in [2.75, 3.05) is 20.3 Å². The summed E-state index contributed by atoms with van der Waals surface area (Å²) in [4.78, 5) is 37.7. The van der Waals surface area contributed by atoms with Gasteiger partial charge in [0.15, 0.2) is 5.78 Å². The number of ether oxygens (including phenoxy) is 3. The second-order valence-electron chi connectivity index (χ2n) is 6.05. The third-order valence-corrected chi connectivity index (χ3v) is 4.47. The van der Waals surface area contributed by atoms with Gasteiger partial charge < -0.3 is 14.2 Å². The lowest BCUT2D eigenvalue weighted by atomic mass is 9.68. The second kappa shape index (κ2) is 8.65. The number of ketones is 1. The maximum Gasteiger partial charge on any atom is 0.317 e. The summed E-state index contributed by atoms with van der Waals surface area (Å²) in [5.41, 5.74) is 1.26. The van der Waals surface area contributed by atoms with E-state index in [1.165, 1.54) is 6.08 Å². The molecule has 0 bridgehead atoms. The highest BCUT2D eigenvalue weighted by atomic mass is 16.5. The summed E-state index contributed by atoms with van der Waals surface area (Å²) in [5, 5.41) is 0. The summed E-state index contributed by atoms with van der Waals surface area (Å²) in [6.45, 7) is 5.48. The number of hydrogen-bond acceptors (Lipinski definition) is 6. The van der Waals surface area contributed by atoms with Gasteiger partial charge in [-0.1, -0.05) is 17.7 Å². The van der Waals surface area contributed by atoms with Crippen LogP contribution in [0.3, 0.4) is 0 Å². The van der Waals surface area contributed by atoms with E-state index in [2.05, 4.69) is 0 Å². The quantitative estimate of drug-likeness (QED) is 0.573. The van der Waals surface area contributed by atoms with Gasteiger partial charge in [-0.3, -0.25) is 14.4 Å². The lowest BCUT2D eigenvalue weighted by molar-refractivity contribution is -0.155. The molecular weight excluding hydrogens is 336 g/mol. The van der Waals surface area contributed by atoms with Crippen molar-refractivity contribution in [1.82, 2.24) is 0 Å². The monoisotopic (exact) mass is 360 g/mol. The van der Waals surface area contributed by atoms with Crippen LogP contribution in [0.2, 0.25) is 0 Å². The highest BCUT2D eigenvalue weighted by Crippen LogP contribution is 2.42. The number of carbonyl (C=O) groups is 3. The molecule has 2 rings (SSSR count). The Bertz CT molecular complexity index is 704. The smallest absolute Gasteiger partial charge is 0.317 e. The van der Waals surface area contributed by atoms with Gasteiger partial charge in [0.05, 0.1) is 26.2 Å². The highest BCUT2D eigenvalue weighted by Gasteiger charge is 2.47. The number of methoxy groups -OCH3 is 1. The Morgan fingerprint density at radius 3 is 2.00 bits per heavy atom. The first kappa shape index (κ1) is 19.7. The molecular formula is C20H24O6. The van der Waals surface area contributed by atoms with Crippen LogP contribution in [-0.4, -0.2) is 38.0 Å². The average molecular weight is 360 g/mol. The van der Waals surface area contributed by atoms with Crippen LogP contribution in [0, 0.1) is 11.8 Å². The van der Waals surface area contributed by atoms with Crippen molar-refractivity contribution < 1.29 is 28.6 Å². The third-order valence-electron chi connectivity index (χ3n) is 4.47. The molecule has 6 heteroatoms. The molecule has 6 nitrogen and oxygen atoms in total. The minimum absolute atomic E-state index is 0.157. The molecule has 3 atom stereocenters. The highest BCUT2D eigenvalue weighted by molar-refractivity contribution is 6.08. The second-order valence-corrected chi connectivity index (χ2v) is 6.05. The first-order chi connectivity index (χ1) is 12.4. The van der Waals surface area contributed by atoms with Crippen LogP contribution in [0.1, 0.15) is 32.3 Å². The summed E-state index contributed by atoms with van der Waals surface area (Å²) in [6.07, 6.45) is 1.35. The zero-order valence-electron chi connectivity index (χ0n) is 15.5. The van der Waals surface area contributed by atoms with Crippen LogP contribution < -0.4 is 4.74 Å². The predicted molar refractivity (Wildman–Crippen MR) is 94.7 cm³/mol. The maximum absolute atomic E-state index is 12.6. The van der Waals surface area contributed by atoms with E-state index < -0.39 is 29.7 Å². The summed E-state index contributed by atoms with van der Waals surface area (Å²) in [6, 6.07) is 6.98. The molecule has 0 radical (unpaired) electrons. The van der Waals surface area contributed by atoms with Gasteiger partial charge in [0.2, 0.25) is 0 Å². The summed E-state index contributed by atoms with van der Waals surface area (Å²) < 4.78 is 15.5. The van der Waals surface area contributed by atoms with E-state index in [1.54, 1.807) is 52.1 Å². The van der Waals surface area contributed by atoms with Gasteiger partial charge in [-0.05, 0) is 44.5 Å². The van der Waals surface area contributed by atoms with Crippen LogP contribution in [0.5, 0.6) is 5.75 Å². The molecule has 1 aliphatic carbocycles. The predicted octanol–water partition coefficient (Wildman–Crippen LogP) is 2.67. The molecule has 0 saturated heterocycles. The standard InChI is InChI=1S/C20H24O6/c1-5-25-19(22)16-12(3)11-15(21)18(20(23)26-6-2)17(16)13-7-9-14(24-4)10-8-13/h7-11,16-18H,5-6H2,1-4H3/t16-,17-,18+/m1/s1. The van der Waals surface area contributed by atoms with Crippen molar-refractivity contribution in [3.05, 3.63) is 41.5 Å². The largest absolute Gasteiger partial charge is 0.497 e. The summed E-state index contributed by atoms with van der Waals surface area (Å²) in [5.74, 6) is -3.29. The SMILES string of the molecule is CCOC(=O)[C@H]1C(=O)C=C(C)[C@@H](C(=O)OCC)[C@H]1c1ccc(OC)cc1. The topological polar surface area (TPSA) is 78.9 Å². The van der Waals surface area contributed by atoms with Crippen molar-refractivity contribution in [2.24, 2.45) is 11.8 Å². The average Bonchev–Trinajstić information content (AvgIpc) is 2.61. The van der Waals surface area contributed by atoms with Crippen molar-refractivity contribution >= 4 is 17.7 Å². The molecule has 1 aromatic rings. The number of allylic oxidation sites excluding steroid dienone is 1. The van der Waals surface area contributed by atoms with E-state index in [9.17, 15) is 14.4 Å². The molecule has 0 aromatic heterocycles. The van der Waals surface area contributed by atoms with E-state index in [4.69, 9.17) is 14.2 Å². The van der Waals surface area contributed by atoms with Gasteiger partial charge in [0, 0.05) is 5.92 Å². The molecule has 0 unspecified atom stereocenters. The number of benzene rings is 1. The van der Waals surface area contributed by atoms with Crippen LogP contribution in [0.25, 0.3) is 0 Å². The van der Waals surface area contributed by atoms with Crippen LogP contribution in [-0.2, 0) is 23.9 Å². The molecule has 0 aliphatic heterocycles. The fraction of sp³-hybridized carbons (Fsp3) is 0.450. The van der Waals surface area contributed by atoms with Gasteiger partial charge in [0.1, 0.15) is 11.7 Å². The zero-order chi connectivity index (χ0) is 19.3. The normalized spacial score (nSPS) is 22.4. The lowest BCUT2D eigenvalue weighted by Gasteiger charge is -2.34. The van der Waals surface area contributed by atoms with E-state index in [0.717, 1.165) is 0 Å².